The zero-order valence-electron chi connectivity index (χ0n) is 15.0. The summed E-state index contributed by atoms with van der Waals surface area (Å²) in [6.45, 7) is 4.60. The second kappa shape index (κ2) is 8.10. The summed E-state index contributed by atoms with van der Waals surface area (Å²) in [7, 11) is 0. The van der Waals surface area contributed by atoms with Crippen molar-refractivity contribution in [2.45, 2.75) is 32.9 Å². The number of hydrogen-bond donors (Lipinski definition) is 2. The van der Waals surface area contributed by atoms with Crippen molar-refractivity contribution in [3.8, 4) is 17.2 Å². The fourth-order valence-corrected chi connectivity index (χ4v) is 2.61. The molecule has 2 unspecified atom stereocenters. The summed E-state index contributed by atoms with van der Waals surface area (Å²) in [5.41, 5.74) is 7.63. The van der Waals surface area contributed by atoms with Crippen LogP contribution in [0.2, 0.25) is 0 Å². The highest BCUT2D eigenvalue weighted by atomic mass is 16.7. The van der Waals surface area contributed by atoms with Crippen LogP contribution in [-0.2, 0) is 11.4 Å². The van der Waals surface area contributed by atoms with Gasteiger partial charge >= 0.3 is 0 Å². The van der Waals surface area contributed by atoms with E-state index in [1.807, 2.05) is 50.2 Å². The molecule has 2 atom stereocenters. The van der Waals surface area contributed by atoms with Crippen LogP contribution in [0.1, 0.15) is 25.8 Å². The summed E-state index contributed by atoms with van der Waals surface area (Å²) in [6, 6.07) is 12.5. The lowest BCUT2D eigenvalue weighted by molar-refractivity contribution is -0.118. The van der Waals surface area contributed by atoms with Gasteiger partial charge in [0.2, 0.25) is 12.7 Å². The smallest absolute Gasteiger partial charge is 0.241 e. The molecule has 138 valence electrons. The lowest BCUT2D eigenvalue weighted by Crippen LogP contribution is -2.40. The lowest BCUT2D eigenvalue weighted by Gasteiger charge is -2.18. The number of amides is 1. The second-order valence-corrected chi connectivity index (χ2v) is 6.40. The van der Waals surface area contributed by atoms with Crippen LogP contribution >= 0.6 is 0 Å². The van der Waals surface area contributed by atoms with Crippen LogP contribution in [0.4, 0.5) is 5.69 Å². The van der Waals surface area contributed by atoms with Gasteiger partial charge < -0.3 is 25.3 Å². The van der Waals surface area contributed by atoms with Crippen molar-refractivity contribution in [2.75, 3.05) is 12.1 Å². The van der Waals surface area contributed by atoms with E-state index in [0.717, 1.165) is 17.7 Å². The highest BCUT2D eigenvalue weighted by Crippen LogP contribution is 2.35. The second-order valence-electron chi connectivity index (χ2n) is 6.40. The molecule has 0 aromatic heterocycles. The standard InChI is InChI=1S/C20H24N2O4/c1-3-13(2)19(21)20(23)22-15-6-4-5-14(9-15)11-24-16-7-8-17-18(10-16)26-12-25-17/h4-10,13,19H,3,11-12,21H2,1-2H3,(H,22,23). The molecule has 2 aromatic carbocycles. The Morgan fingerprint density at radius 3 is 2.85 bits per heavy atom. The number of carbonyl (C=O) groups is 1. The van der Waals surface area contributed by atoms with Gasteiger partial charge in [0.25, 0.3) is 0 Å². The lowest BCUT2D eigenvalue weighted by atomic mass is 9.99. The van der Waals surface area contributed by atoms with E-state index in [0.29, 0.717) is 23.8 Å². The first-order valence-electron chi connectivity index (χ1n) is 8.74. The third-order valence-electron chi connectivity index (χ3n) is 4.50. The number of ether oxygens (including phenoxy) is 3. The Bertz CT molecular complexity index is 778. The Hall–Kier alpha value is -2.73. The van der Waals surface area contributed by atoms with Gasteiger partial charge in [-0.05, 0) is 35.7 Å². The predicted molar refractivity (Wildman–Crippen MR) is 99.4 cm³/mol. The average Bonchev–Trinajstić information content (AvgIpc) is 3.13. The summed E-state index contributed by atoms with van der Waals surface area (Å²) in [4.78, 5) is 12.2. The molecule has 1 aliphatic heterocycles. The number of nitrogens with one attached hydrogen (secondary N) is 1. The molecule has 0 radical (unpaired) electrons. The van der Waals surface area contributed by atoms with Crippen molar-refractivity contribution in [1.82, 2.24) is 0 Å². The minimum Gasteiger partial charge on any atom is -0.489 e. The van der Waals surface area contributed by atoms with Crippen LogP contribution in [0, 0.1) is 5.92 Å². The van der Waals surface area contributed by atoms with E-state index < -0.39 is 6.04 Å². The first kappa shape index (κ1) is 18.1. The Morgan fingerprint density at radius 1 is 1.23 bits per heavy atom. The molecule has 0 fully saturated rings. The SMILES string of the molecule is CCC(C)C(N)C(=O)Nc1cccc(COc2ccc3c(c2)OCO3)c1. The number of benzene rings is 2. The zero-order valence-corrected chi connectivity index (χ0v) is 15.0. The largest absolute Gasteiger partial charge is 0.489 e. The van der Waals surface area contributed by atoms with Crippen molar-refractivity contribution in [3.63, 3.8) is 0 Å². The maximum Gasteiger partial charge on any atom is 0.241 e. The Morgan fingerprint density at radius 2 is 2.04 bits per heavy atom. The van der Waals surface area contributed by atoms with Crippen LogP contribution in [0.3, 0.4) is 0 Å². The summed E-state index contributed by atoms with van der Waals surface area (Å²) in [5.74, 6) is 2.06. The van der Waals surface area contributed by atoms with Crippen molar-refractivity contribution >= 4 is 11.6 Å². The zero-order chi connectivity index (χ0) is 18.5. The van der Waals surface area contributed by atoms with E-state index in [4.69, 9.17) is 19.9 Å². The van der Waals surface area contributed by atoms with Gasteiger partial charge in [-0.15, -0.1) is 0 Å². The van der Waals surface area contributed by atoms with Crippen LogP contribution < -0.4 is 25.3 Å². The number of hydrogen-bond acceptors (Lipinski definition) is 5. The minimum atomic E-state index is -0.520. The monoisotopic (exact) mass is 356 g/mol. The number of carbonyl (C=O) groups excluding carboxylic acids is 1. The van der Waals surface area contributed by atoms with E-state index in [-0.39, 0.29) is 18.6 Å². The van der Waals surface area contributed by atoms with Crippen molar-refractivity contribution in [1.29, 1.82) is 0 Å². The van der Waals surface area contributed by atoms with Gasteiger partial charge in [0, 0.05) is 11.8 Å². The summed E-state index contributed by atoms with van der Waals surface area (Å²) >= 11 is 0. The molecular weight excluding hydrogens is 332 g/mol. The number of fused-ring (bicyclic) bond motifs is 1. The fourth-order valence-electron chi connectivity index (χ4n) is 2.61. The van der Waals surface area contributed by atoms with E-state index in [1.54, 1.807) is 6.07 Å². The number of nitrogens with two attached hydrogens (primary N) is 1. The van der Waals surface area contributed by atoms with Crippen LogP contribution in [0.25, 0.3) is 0 Å². The molecule has 6 heteroatoms. The Balaban J connectivity index is 1.60. The van der Waals surface area contributed by atoms with Crippen molar-refractivity contribution in [3.05, 3.63) is 48.0 Å². The van der Waals surface area contributed by atoms with E-state index >= 15 is 0 Å². The Labute approximate surface area is 153 Å². The van der Waals surface area contributed by atoms with Crippen LogP contribution in [0.15, 0.2) is 42.5 Å². The molecule has 3 N–H and O–H groups in total. The molecule has 3 rings (SSSR count). The topological polar surface area (TPSA) is 82.8 Å². The number of anilines is 1. The maximum absolute atomic E-state index is 12.2. The van der Waals surface area contributed by atoms with Crippen LogP contribution in [-0.4, -0.2) is 18.7 Å². The van der Waals surface area contributed by atoms with Crippen molar-refractivity contribution < 1.29 is 19.0 Å². The molecule has 0 saturated heterocycles. The van der Waals surface area contributed by atoms with Crippen LogP contribution in [0.5, 0.6) is 17.2 Å². The highest BCUT2D eigenvalue weighted by molar-refractivity contribution is 5.94. The Kier molecular flexibility index (Phi) is 5.63. The third kappa shape index (κ3) is 4.26. The molecule has 0 aliphatic carbocycles. The molecule has 1 heterocycles. The normalized spacial score (nSPS) is 14.6. The molecule has 0 bridgehead atoms. The first-order chi connectivity index (χ1) is 12.6. The molecule has 1 aliphatic rings. The molecule has 6 nitrogen and oxygen atoms in total. The van der Waals surface area contributed by atoms with Gasteiger partial charge in [0.15, 0.2) is 11.5 Å². The average molecular weight is 356 g/mol. The minimum absolute atomic E-state index is 0.132. The molecule has 1 amide bonds. The third-order valence-corrected chi connectivity index (χ3v) is 4.50. The van der Waals surface area contributed by atoms with Gasteiger partial charge in [-0.2, -0.15) is 0 Å². The molecule has 2 aromatic rings. The quantitative estimate of drug-likeness (QED) is 0.795. The highest BCUT2D eigenvalue weighted by Gasteiger charge is 2.19. The van der Waals surface area contributed by atoms with Gasteiger partial charge in [-0.25, -0.2) is 0 Å². The maximum atomic E-state index is 12.2. The van der Waals surface area contributed by atoms with Gasteiger partial charge in [-0.3, -0.25) is 4.79 Å². The molecule has 26 heavy (non-hydrogen) atoms. The summed E-state index contributed by atoms with van der Waals surface area (Å²) in [6.07, 6.45) is 0.859. The summed E-state index contributed by atoms with van der Waals surface area (Å²) in [5, 5.41) is 2.87. The molecule has 0 spiro atoms. The van der Waals surface area contributed by atoms with E-state index in [2.05, 4.69) is 5.32 Å². The number of rotatable bonds is 7. The van der Waals surface area contributed by atoms with Gasteiger partial charge in [0.05, 0.1) is 6.04 Å². The van der Waals surface area contributed by atoms with Crippen molar-refractivity contribution in [2.24, 2.45) is 11.7 Å². The van der Waals surface area contributed by atoms with E-state index in [9.17, 15) is 4.79 Å². The molecule has 0 saturated carbocycles. The fraction of sp³-hybridized carbons (Fsp3) is 0.350. The van der Waals surface area contributed by atoms with Gasteiger partial charge in [-0.1, -0.05) is 32.4 Å². The summed E-state index contributed by atoms with van der Waals surface area (Å²) < 4.78 is 16.4. The first-order valence-corrected chi connectivity index (χ1v) is 8.74. The molecular formula is C20H24N2O4. The van der Waals surface area contributed by atoms with E-state index in [1.165, 1.54) is 0 Å². The predicted octanol–water partition coefficient (Wildman–Crippen LogP) is 3.31. The van der Waals surface area contributed by atoms with Gasteiger partial charge in [0.1, 0.15) is 12.4 Å².